The smallest absolute Gasteiger partial charge is 0.304 e. The van der Waals surface area contributed by atoms with Gasteiger partial charge < -0.3 is 5.11 Å². The van der Waals surface area contributed by atoms with Crippen LogP contribution in [-0.4, -0.2) is 45.7 Å². The summed E-state index contributed by atoms with van der Waals surface area (Å²) in [7, 11) is -2.19. The molecule has 1 saturated carbocycles. The monoisotopic (exact) mass is 349 g/mol. The van der Waals surface area contributed by atoms with Gasteiger partial charge in [0.05, 0.1) is 11.9 Å². The number of aryl methyl sites for hydroxylation is 1. The number of hydrogen-bond acceptors (Lipinski definition) is 4. The highest BCUT2D eigenvalue weighted by molar-refractivity contribution is 7.89. The molecule has 4 rings (SSSR count). The zero-order valence-electron chi connectivity index (χ0n) is 13.3. The zero-order chi connectivity index (χ0) is 17.1. The van der Waals surface area contributed by atoms with Crippen LogP contribution in [0.3, 0.4) is 0 Å². The molecular formula is C16H19N3O4S. The van der Waals surface area contributed by atoms with Gasteiger partial charge in [-0.3, -0.25) is 9.48 Å². The summed E-state index contributed by atoms with van der Waals surface area (Å²) in [6, 6.07) is 6.57. The Kier molecular flexibility index (Phi) is 3.43. The number of benzene rings is 1. The lowest BCUT2D eigenvalue weighted by Gasteiger charge is -2.33. The SMILES string of the molecule is Cn1nc2ccccc2c1S(=O)(=O)N1[C@@H]2CC[C@@H](C2)[C@H]1CC(=O)O. The molecule has 2 heterocycles. The molecule has 1 aliphatic heterocycles. The van der Waals surface area contributed by atoms with Crippen LogP contribution in [0.2, 0.25) is 0 Å². The maximum atomic E-state index is 13.4. The summed E-state index contributed by atoms with van der Waals surface area (Å²) in [5.41, 5.74) is 0.623. The van der Waals surface area contributed by atoms with Crippen LogP contribution in [0, 0.1) is 5.92 Å². The van der Waals surface area contributed by atoms with Crippen molar-refractivity contribution in [2.45, 2.75) is 42.8 Å². The van der Waals surface area contributed by atoms with E-state index in [1.807, 2.05) is 6.07 Å². The van der Waals surface area contributed by atoms with Crippen molar-refractivity contribution in [2.75, 3.05) is 0 Å². The number of sulfonamides is 1. The fourth-order valence-electron chi connectivity index (χ4n) is 4.39. The molecule has 1 aromatic heterocycles. The Balaban J connectivity index is 1.84. The molecule has 24 heavy (non-hydrogen) atoms. The van der Waals surface area contributed by atoms with E-state index in [4.69, 9.17) is 0 Å². The quantitative estimate of drug-likeness (QED) is 0.905. The van der Waals surface area contributed by atoms with E-state index in [2.05, 4.69) is 5.10 Å². The molecule has 1 N–H and O–H groups in total. The molecule has 0 spiro atoms. The number of carboxylic acids is 1. The number of carboxylic acid groups (broad SMARTS) is 1. The van der Waals surface area contributed by atoms with Gasteiger partial charge in [0.25, 0.3) is 10.0 Å². The topological polar surface area (TPSA) is 92.5 Å². The van der Waals surface area contributed by atoms with Crippen LogP contribution in [0.1, 0.15) is 25.7 Å². The van der Waals surface area contributed by atoms with Gasteiger partial charge in [-0.25, -0.2) is 8.42 Å². The molecular weight excluding hydrogens is 330 g/mol. The standard InChI is InChI=1S/C16H19N3O4S/c1-18-16(12-4-2-3-5-13(12)17-18)24(22,23)19-11-7-6-10(8-11)14(19)9-15(20)21/h2-5,10-11,14H,6-9H2,1H3,(H,20,21)/t10-,11+,14+/m0/s1. The normalized spacial score (nSPS) is 27.1. The maximum absolute atomic E-state index is 13.4. The summed E-state index contributed by atoms with van der Waals surface area (Å²) in [4.78, 5) is 11.2. The van der Waals surface area contributed by atoms with E-state index < -0.39 is 22.0 Å². The van der Waals surface area contributed by atoms with Crippen molar-refractivity contribution in [2.24, 2.45) is 13.0 Å². The van der Waals surface area contributed by atoms with Crippen molar-refractivity contribution in [3.05, 3.63) is 24.3 Å². The molecule has 0 radical (unpaired) electrons. The van der Waals surface area contributed by atoms with E-state index >= 15 is 0 Å². The number of aromatic nitrogens is 2. The minimum Gasteiger partial charge on any atom is -0.481 e. The second kappa shape index (κ2) is 5.29. The van der Waals surface area contributed by atoms with Crippen LogP contribution in [0.5, 0.6) is 0 Å². The highest BCUT2D eigenvalue weighted by atomic mass is 32.2. The lowest BCUT2D eigenvalue weighted by molar-refractivity contribution is -0.138. The van der Waals surface area contributed by atoms with Crippen LogP contribution in [0.15, 0.2) is 29.3 Å². The van der Waals surface area contributed by atoms with Crippen molar-refractivity contribution >= 4 is 26.9 Å². The van der Waals surface area contributed by atoms with Crippen molar-refractivity contribution < 1.29 is 18.3 Å². The molecule has 0 amide bonds. The summed E-state index contributed by atoms with van der Waals surface area (Å²) >= 11 is 0. The first-order chi connectivity index (χ1) is 11.4. The molecule has 1 aliphatic carbocycles. The molecule has 2 fully saturated rings. The summed E-state index contributed by atoms with van der Waals surface area (Å²) in [5, 5.41) is 14.2. The van der Waals surface area contributed by atoms with Crippen molar-refractivity contribution in [1.29, 1.82) is 0 Å². The Bertz CT molecular complexity index is 921. The molecule has 0 unspecified atom stereocenters. The Hall–Kier alpha value is -1.93. The van der Waals surface area contributed by atoms with E-state index in [0.29, 0.717) is 10.9 Å². The van der Waals surface area contributed by atoms with Gasteiger partial charge in [0.2, 0.25) is 0 Å². The summed E-state index contributed by atoms with van der Waals surface area (Å²) in [6.07, 6.45) is 2.32. The zero-order valence-corrected chi connectivity index (χ0v) is 14.1. The molecule has 1 aromatic carbocycles. The summed E-state index contributed by atoms with van der Waals surface area (Å²) < 4.78 is 29.6. The lowest BCUT2D eigenvalue weighted by Crippen LogP contribution is -2.46. The van der Waals surface area contributed by atoms with Gasteiger partial charge in [-0.1, -0.05) is 12.1 Å². The van der Waals surface area contributed by atoms with Gasteiger partial charge in [-0.15, -0.1) is 0 Å². The summed E-state index contributed by atoms with van der Waals surface area (Å²) in [5.74, 6) is -0.817. The number of aliphatic carboxylic acids is 1. The highest BCUT2D eigenvalue weighted by Crippen LogP contribution is 2.46. The van der Waals surface area contributed by atoms with Gasteiger partial charge in [0.1, 0.15) is 0 Å². The van der Waals surface area contributed by atoms with E-state index in [1.54, 1.807) is 25.2 Å². The van der Waals surface area contributed by atoms with E-state index in [1.165, 1.54) is 8.99 Å². The van der Waals surface area contributed by atoms with Crippen LogP contribution >= 0.6 is 0 Å². The predicted octanol–water partition coefficient (Wildman–Crippen LogP) is 1.59. The first-order valence-corrected chi connectivity index (χ1v) is 9.50. The largest absolute Gasteiger partial charge is 0.481 e. The van der Waals surface area contributed by atoms with Gasteiger partial charge in [-0.2, -0.15) is 9.40 Å². The Morgan fingerprint density at radius 2 is 2.08 bits per heavy atom. The number of nitrogens with zero attached hydrogens (tertiary/aromatic N) is 3. The van der Waals surface area contributed by atoms with Crippen LogP contribution in [0.4, 0.5) is 0 Å². The molecule has 2 aromatic rings. The van der Waals surface area contributed by atoms with Gasteiger partial charge in [-0.05, 0) is 37.3 Å². The third-order valence-corrected chi connectivity index (χ3v) is 7.36. The fourth-order valence-corrected chi connectivity index (χ4v) is 6.60. The number of hydrogen-bond donors (Lipinski definition) is 1. The molecule has 7 nitrogen and oxygen atoms in total. The van der Waals surface area contributed by atoms with E-state index in [9.17, 15) is 18.3 Å². The van der Waals surface area contributed by atoms with Crippen molar-refractivity contribution in [1.82, 2.24) is 14.1 Å². The van der Waals surface area contributed by atoms with Crippen LogP contribution in [0.25, 0.3) is 10.9 Å². The molecule has 2 bridgehead atoms. The molecule has 3 atom stereocenters. The highest BCUT2D eigenvalue weighted by Gasteiger charge is 2.52. The Morgan fingerprint density at radius 3 is 2.83 bits per heavy atom. The third kappa shape index (κ3) is 2.16. The lowest BCUT2D eigenvalue weighted by atomic mass is 9.97. The summed E-state index contributed by atoms with van der Waals surface area (Å²) in [6.45, 7) is 0. The second-order valence-corrected chi connectivity index (χ2v) is 8.43. The average Bonchev–Trinajstić information content (AvgIpc) is 3.17. The Labute approximate surface area is 139 Å². The van der Waals surface area contributed by atoms with Gasteiger partial charge in [0, 0.05) is 24.5 Å². The number of piperidine rings is 1. The minimum atomic E-state index is -3.81. The second-order valence-electron chi connectivity index (χ2n) is 6.67. The first kappa shape index (κ1) is 15.6. The van der Waals surface area contributed by atoms with E-state index in [-0.39, 0.29) is 23.4 Å². The van der Waals surface area contributed by atoms with Crippen molar-refractivity contribution in [3.63, 3.8) is 0 Å². The third-order valence-electron chi connectivity index (χ3n) is 5.27. The average molecular weight is 349 g/mol. The Morgan fingerprint density at radius 1 is 1.33 bits per heavy atom. The van der Waals surface area contributed by atoms with Gasteiger partial charge >= 0.3 is 5.97 Å². The predicted molar refractivity (Wildman–Crippen MR) is 86.9 cm³/mol. The molecule has 128 valence electrons. The van der Waals surface area contributed by atoms with Crippen LogP contribution < -0.4 is 0 Å². The minimum absolute atomic E-state index is 0.0991. The molecule has 8 heteroatoms. The van der Waals surface area contributed by atoms with Gasteiger partial charge in [0.15, 0.2) is 5.03 Å². The number of rotatable bonds is 4. The molecule has 1 saturated heterocycles. The number of carbonyl (C=O) groups is 1. The molecule has 2 aliphatic rings. The maximum Gasteiger partial charge on any atom is 0.304 e. The van der Waals surface area contributed by atoms with Crippen LogP contribution in [-0.2, 0) is 21.9 Å². The van der Waals surface area contributed by atoms with E-state index in [0.717, 1.165) is 19.3 Å². The van der Waals surface area contributed by atoms with Crippen molar-refractivity contribution in [3.8, 4) is 0 Å². The number of fused-ring (bicyclic) bond motifs is 3. The first-order valence-electron chi connectivity index (χ1n) is 8.06. The fraction of sp³-hybridized carbons (Fsp3) is 0.500.